The summed E-state index contributed by atoms with van der Waals surface area (Å²) in [6, 6.07) is 11.1. The molecule has 0 spiro atoms. The standard InChI is InChI=1S/C13H11NO2/c1-9(15)13-12(16)7-11(8-14-13)10-5-3-2-4-6-10/h2-8,16H,1H3. The Morgan fingerprint density at radius 2 is 1.88 bits per heavy atom. The van der Waals surface area contributed by atoms with Crippen LogP contribution >= 0.6 is 0 Å². The maximum absolute atomic E-state index is 11.1. The minimum atomic E-state index is -0.239. The summed E-state index contributed by atoms with van der Waals surface area (Å²) in [6.07, 6.45) is 1.59. The molecule has 0 bridgehead atoms. The van der Waals surface area contributed by atoms with Crippen molar-refractivity contribution in [2.45, 2.75) is 6.92 Å². The molecule has 0 amide bonds. The fourth-order valence-electron chi connectivity index (χ4n) is 1.51. The Morgan fingerprint density at radius 3 is 2.44 bits per heavy atom. The lowest BCUT2D eigenvalue weighted by Crippen LogP contribution is -1.97. The highest BCUT2D eigenvalue weighted by Gasteiger charge is 2.09. The first kappa shape index (κ1) is 10.4. The molecular formula is C13H11NO2. The van der Waals surface area contributed by atoms with E-state index in [0.717, 1.165) is 11.1 Å². The average molecular weight is 213 g/mol. The van der Waals surface area contributed by atoms with Gasteiger partial charge in [0.2, 0.25) is 0 Å². The number of rotatable bonds is 2. The van der Waals surface area contributed by atoms with Crippen LogP contribution < -0.4 is 0 Å². The Bertz CT molecular complexity index is 521. The normalized spacial score (nSPS) is 10.1. The molecular weight excluding hydrogens is 202 g/mol. The van der Waals surface area contributed by atoms with Crippen LogP contribution in [0.5, 0.6) is 5.75 Å². The number of ketones is 1. The molecule has 0 saturated carbocycles. The maximum Gasteiger partial charge on any atom is 0.181 e. The van der Waals surface area contributed by atoms with Crippen molar-refractivity contribution in [3.05, 3.63) is 48.3 Å². The number of carbonyl (C=O) groups excluding carboxylic acids is 1. The third-order valence-electron chi connectivity index (χ3n) is 2.31. The second kappa shape index (κ2) is 4.14. The van der Waals surface area contributed by atoms with Crippen LogP contribution in [0.1, 0.15) is 17.4 Å². The van der Waals surface area contributed by atoms with Gasteiger partial charge in [-0.05, 0) is 11.6 Å². The summed E-state index contributed by atoms with van der Waals surface area (Å²) in [4.78, 5) is 15.0. The second-order valence-electron chi connectivity index (χ2n) is 3.51. The van der Waals surface area contributed by atoms with E-state index in [2.05, 4.69) is 4.98 Å². The minimum absolute atomic E-state index is 0.0751. The minimum Gasteiger partial charge on any atom is -0.506 e. The van der Waals surface area contributed by atoms with E-state index in [0.29, 0.717) is 0 Å². The van der Waals surface area contributed by atoms with Crippen molar-refractivity contribution in [2.24, 2.45) is 0 Å². The van der Waals surface area contributed by atoms with Crippen LogP contribution in [-0.4, -0.2) is 15.9 Å². The van der Waals surface area contributed by atoms with E-state index in [1.54, 1.807) is 12.3 Å². The number of pyridine rings is 1. The second-order valence-corrected chi connectivity index (χ2v) is 3.51. The van der Waals surface area contributed by atoms with Crippen LogP contribution in [0.15, 0.2) is 42.6 Å². The van der Waals surface area contributed by atoms with Crippen LogP contribution in [0.3, 0.4) is 0 Å². The number of Topliss-reactive ketones (excluding diaryl/α,β-unsaturated/α-hetero) is 1. The van der Waals surface area contributed by atoms with Gasteiger partial charge in [0.1, 0.15) is 11.4 Å². The van der Waals surface area contributed by atoms with Gasteiger partial charge in [-0.3, -0.25) is 4.79 Å². The first-order valence-corrected chi connectivity index (χ1v) is 4.94. The van der Waals surface area contributed by atoms with Gasteiger partial charge >= 0.3 is 0 Å². The van der Waals surface area contributed by atoms with Gasteiger partial charge in [-0.15, -0.1) is 0 Å². The summed E-state index contributed by atoms with van der Waals surface area (Å²) in [6.45, 7) is 1.38. The van der Waals surface area contributed by atoms with Gasteiger partial charge in [-0.25, -0.2) is 4.98 Å². The Labute approximate surface area is 93.4 Å². The molecule has 16 heavy (non-hydrogen) atoms. The molecule has 0 atom stereocenters. The highest BCUT2D eigenvalue weighted by Crippen LogP contribution is 2.24. The van der Waals surface area contributed by atoms with Crippen molar-refractivity contribution in [2.75, 3.05) is 0 Å². The molecule has 3 nitrogen and oxygen atoms in total. The van der Waals surface area contributed by atoms with Crippen molar-refractivity contribution >= 4 is 5.78 Å². The molecule has 2 rings (SSSR count). The molecule has 0 unspecified atom stereocenters. The molecule has 0 aliphatic rings. The van der Waals surface area contributed by atoms with E-state index in [1.165, 1.54) is 6.92 Å². The van der Waals surface area contributed by atoms with E-state index in [-0.39, 0.29) is 17.2 Å². The molecule has 2 aromatic rings. The average Bonchev–Trinajstić information content (AvgIpc) is 2.29. The Kier molecular flexibility index (Phi) is 2.68. The number of nitrogens with zero attached hydrogens (tertiary/aromatic N) is 1. The largest absolute Gasteiger partial charge is 0.506 e. The van der Waals surface area contributed by atoms with Crippen LogP contribution in [0.25, 0.3) is 11.1 Å². The topological polar surface area (TPSA) is 50.2 Å². The van der Waals surface area contributed by atoms with E-state index < -0.39 is 0 Å². The smallest absolute Gasteiger partial charge is 0.181 e. The van der Waals surface area contributed by atoms with E-state index >= 15 is 0 Å². The Morgan fingerprint density at radius 1 is 1.19 bits per heavy atom. The third kappa shape index (κ3) is 1.93. The highest BCUT2D eigenvalue weighted by molar-refractivity contribution is 5.95. The molecule has 1 aromatic heterocycles. The SMILES string of the molecule is CC(=O)c1ncc(-c2ccccc2)cc1O. The van der Waals surface area contributed by atoms with Crippen molar-refractivity contribution in [1.82, 2.24) is 4.98 Å². The number of hydrogen-bond acceptors (Lipinski definition) is 3. The fraction of sp³-hybridized carbons (Fsp3) is 0.0769. The number of aromatic hydroxyl groups is 1. The molecule has 0 saturated heterocycles. The molecule has 80 valence electrons. The molecule has 0 aliphatic heterocycles. The fourth-order valence-corrected chi connectivity index (χ4v) is 1.51. The predicted molar refractivity (Wildman–Crippen MR) is 61.3 cm³/mol. The summed E-state index contributed by atoms with van der Waals surface area (Å²) in [5, 5.41) is 9.64. The van der Waals surface area contributed by atoms with Crippen LogP contribution in [0.2, 0.25) is 0 Å². The number of hydrogen-bond donors (Lipinski definition) is 1. The van der Waals surface area contributed by atoms with Crippen LogP contribution in [-0.2, 0) is 0 Å². The molecule has 0 fully saturated rings. The number of benzene rings is 1. The monoisotopic (exact) mass is 213 g/mol. The molecule has 1 N–H and O–H groups in total. The summed E-state index contributed by atoms with van der Waals surface area (Å²) >= 11 is 0. The van der Waals surface area contributed by atoms with Gasteiger partial charge in [-0.2, -0.15) is 0 Å². The van der Waals surface area contributed by atoms with Gasteiger partial charge in [0.05, 0.1) is 0 Å². The lowest BCUT2D eigenvalue weighted by atomic mass is 10.1. The van der Waals surface area contributed by atoms with E-state index in [1.807, 2.05) is 30.3 Å². The molecule has 0 radical (unpaired) electrons. The summed E-state index contributed by atoms with van der Waals surface area (Å²) in [5.41, 5.74) is 1.86. The summed E-state index contributed by atoms with van der Waals surface area (Å²) in [7, 11) is 0. The van der Waals surface area contributed by atoms with Gasteiger partial charge in [-0.1, -0.05) is 30.3 Å². The lowest BCUT2D eigenvalue weighted by molar-refractivity contribution is 0.101. The number of aromatic nitrogens is 1. The summed E-state index contributed by atoms with van der Waals surface area (Å²) < 4.78 is 0. The Hall–Kier alpha value is -2.16. The quantitative estimate of drug-likeness (QED) is 0.780. The van der Waals surface area contributed by atoms with Crippen LogP contribution in [0.4, 0.5) is 0 Å². The zero-order valence-electron chi connectivity index (χ0n) is 8.84. The van der Waals surface area contributed by atoms with Gasteiger partial charge in [0, 0.05) is 18.7 Å². The molecule has 3 heteroatoms. The van der Waals surface area contributed by atoms with Gasteiger partial charge < -0.3 is 5.11 Å². The zero-order chi connectivity index (χ0) is 11.5. The van der Waals surface area contributed by atoms with E-state index in [4.69, 9.17) is 0 Å². The molecule has 0 aliphatic carbocycles. The maximum atomic E-state index is 11.1. The summed E-state index contributed by atoms with van der Waals surface area (Å²) in [5.74, 6) is -0.314. The van der Waals surface area contributed by atoms with Crippen LogP contribution in [0, 0.1) is 0 Å². The molecule has 1 heterocycles. The van der Waals surface area contributed by atoms with Gasteiger partial charge in [0.15, 0.2) is 5.78 Å². The third-order valence-corrected chi connectivity index (χ3v) is 2.31. The van der Waals surface area contributed by atoms with Crippen molar-refractivity contribution in [3.63, 3.8) is 0 Å². The molecule has 1 aromatic carbocycles. The van der Waals surface area contributed by atoms with E-state index in [9.17, 15) is 9.90 Å². The predicted octanol–water partition coefficient (Wildman–Crippen LogP) is 2.66. The number of carbonyl (C=O) groups is 1. The van der Waals surface area contributed by atoms with Crippen molar-refractivity contribution < 1.29 is 9.90 Å². The first-order chi connectivity index (χ1) is 7.68. The highest BCUT2D eigenvalue weighted by atomic mass is 16.3. The Balaban J connectivity index is 2.46. The lowest BCUT2D eigenvalue weighted by Gasteiger charge is -2.04. The van der Waals surface area contributed by atoms with Gasteiger partial charge in [0.25, 0.3) is 0 Å². The van der Waals surface area contributed by atoms with Crippen molar-refractivity contribution in [3.8, 4) is 16.9 Å². The van der Waals surface area contributed by atoms with Crippen molar-refractivity contribution in [1.29, 1.82) is 0 Å². The first-order valence-electron chi connectivity index (χ1n) is 4.94. The zero-order valence-corrected chi connectivity index (χ0v) is 8.84.